The molecule has 0 fully saturated rings. The molecule has 0 aliphatic carbocycles. The van der Waals surface area contributed by atoms with E-state index in [9.17, 15) is 4.79 Å². The molecule has 3 aromatic rings. The van der Waals surface area contributed by atoms with E-state index < -0.39 is 5.60 Å². The summed E-state index contributed by atoms with van der Waals surface area (Å²) in [4.78, 5) is 24.3. The Morgan fingerprint density at radius 2 is 2.07 bits per heavy atom. The number of hydrogen-bond donors (Lipinski definition) is 0. The Labute approximate surface area is 174 Å². The minimum Gasteiger partial charge on any atom is -0.444 e. The Morgan fingerprint density at radius 1 is 1.29 bits per heavy atom. The number of thiophene rings is 1. The Morgan fingerprint density at radius 3 is 2.75 bits per heavy atom. The summed E-state index contributed by atoms with van der Waals surface area (Å²) in [6, 6.07) is 9.62. The fraction of sp³-hybridized carbons (Fsp3) is 0.381. The molecule has 148 valence electrons. The lowest BCUT2D eigenvalue weighted by atomic mass is 10.2. The molecule has 7 heteroatoms. The van der Waals surface area contributed by atoms with Crippen molar-refractivity contribution in [3.63, 3.8) is 0 Å². The first-order chi connectivity index (χ1) is 13.3. The van der Waals surface area contributed by atoms with Crippen molar-refractivity contribution in [2.75, 3.05) is 6.54 Å². The van der Waals surface area contributed by atoms with Gasteiger partial charge in [0.15, 0.2) is 0 Å². The number of carbonyl (C=O) groups excluding carboxylic acids is 1. The van der Waals surface area contributed by atoms with E-state index in [4.69, 9.17) is 21.3 Å². The summed E-state index contributed by atoms with van der Waals surface area (Å²) in [5, 5.41) is 0.691. The van der Waals surface area contributed by atoms with E-state index in [0.717, 1.165) is 32.9 Å². The van der Waals surface area contributed by atoms with Crippen LogP contribution in [0.2, 0.25) is 5.02 Å². The predicted molar refractivity (Wildman–Crippen MR) is 115 cm³/mol. The molecule has 0 spiro atoms. The van der Waals surface area contributed by atoms with Gasteiger partial charge in [-0.15, -0.1) is 11.3 Å². The molecule has 0 radical (unpaired) electrons. The number of ether oxygens (including phenoxy) is 1. The molecular formula is C21H24ClN3O2S. The van der Waals surface area contributed by atoms with Gasteiger partial charge in [-0.05, 0) is 51.5 Å². The lowest BCUT2D eigenvalue weighted by Gasteiger charge is -2.27. The van der Waals surface area contributed by atoms with Crippen molar-refractivity contribution in [3.8, 4) is 10.6 Å². The SMILES string of the molecule is CCCN(Cc1cccc(-c2cc3nccc(Cl)c3s2)n1)C(=O)OC(C)(C)C. The average molecular weight is 418 g/mol. The molecule has 0 atom stereocenters. The van der Waals surface area contributed by atoms with Crippen LogP contribution in [-0.2, 0) is 11.3 Å². The second-order valence-electron chi connectivity index (χ2n) is 7.53. The molecule has 0 aromatic carbocycles. The van der Waals surface area contributed by atoms with Crippen molar-refractivity contribution >= 4 is 39.2 Å². The summed E-state index contributed by atoms with van der Waals surface area (Å²) >= 11 is 7.84. The zero-order chi connectivity index (χ0) is 20.3. The Bertz CT molecular complexity index is 981. The monoisotopic (exact) mass is 417 g/mol. The highest BCUT2D eigenvalue weighted by Gasteiger charge is 2.22. The summed E-state index contributed by atoms with van der Waals surface area (Å²) in [5.74, 6) is 0. The van der Waals surface area contributed by atoms with Gasteiger partial charge in [0.1, 0.15) is 5.60 Å². The van der Waals surface area contributed by atoms with Crippen LogP contribution >= 0.6 is 22.9 Å². The third kappa shape index (κ3) is 5.00. The second kappa shape index (κ2) is 8.45. The van der Waals surface area contributed by atoms with E-state index in [1.54, 1.807) is 28.5 Å². The molecule has 0 saturated heterocycles. The molecule has 0 N–H and O–H groups in total. The topological polar surface area (TPSA) is 55.3 Å². The number of hydrogen-bond acceptors (Lipinski definition) is 5. The highest BCUT2D eigenvalue weighted by Crippen LogP contribution is 2.35. The molecule has 0 saturated carbocycles. The van der Waals surface area contributed by atoms with Crippen molar-refractivity contribution in [1.29, 1.82) is 0 Å². The van der Waals surface area contributed by atoms with Crippen LogP contribution in [-0.4, -0.2) is 33.1 Å². The summed E-state index contributed by atoms with van der Waals surface area (Å²) in [6.07, 6.45) is 2.23. The fourth-order valence-corrected chi connectivity index (χ4v) is 4.02. The molecule has 0 aliphatic rings. The fourth-order valence-electron chi connectivity index (χ4n) is 2.77. The van der Waals surface area contributed by atoms with E-state index in [1.165, 1.54) is 0 Å². The lowest BCUT2D eigenvalue weighted by molar-refractivity contribution is 0.0231. The number of pyridine rings is 2. The summed E-state index contributed by atoms with van der Waals surface area (Å²) in [7, 11) is 0. The Kier molecular flexibility index (Phi) is 6.20. The maximum Gasteiger partial charge on any atom is 0.410 e. The highest BCUT2D eigenvalue weighted by atomic mass is 35.5. The molecule has 3 heterocycles. The largest absolute Gasteiger partial charge is 0.444 e. The molecule has 0 aliphatic heterocycles. The van der Waals surface area contributed by atoms with Crippen LogP contribution in [0.5, 0.6) is 0 Å². The summed E-state index contributed by atoms with van der Waals surface area (Å²) < 4.78 is 6.48. The number of carbonyl (C=O) groups is 1. The van der Waals surface area contributed by atoms with Gasteiger partial charge in [0.25, 0.3) is 0 Å². The van der Waals surface area contributed by atoms with Crippen LogP contribution in [0.15, 0.2) is 36.5 Å². The van der Waals surface area contributed by atoms with Gasteiger partial charge in [-0.3, -0.25) is 9.97 Å². The normalized spacial score (nSPS) is 11.6. The maximum atomic E-state index is 12.5. The van der Waals surface area contributed by atoms with Crippen LogP contribution in [0.25, 0.3) is 20.8 Å². The van der Waals surface area contributed by atoms with E-state index in [2.05, 4.69) is 4.98 Å². The van der Waals surface area contributed by atoms with Crippen molar-refractivity contribution < 1.29 is 9.53 Å². The van der Waals surface area contributed by atoms with Crippen molar-refractivity contribution in [1.82, 2.24) is 14.9 Å². The first-order valence-electron chi connectivity index (χ1n) is 9.25. The standard InChI is InChI=1S/C21H24ClN3O2S/c1-5-11-25(20(26)27-21(2,3)4)13-14-7-6-8-16(24-14)18-12-17-19(28-18)15(22)9-10-23-17/h6-10,12H,5,11,13H2,1-4H3. The molecule has 3 rings (SSSR count). The minimum atomic E-state index is -0.526. The number of halogens is 1. The molecule has 0 bridgehead atoms. The van der Waals surface area contributed by atoms with Crippen molar-refractivity contribution in [3.05, 3.63) is 47.2 Å². The number of amides is 1. The molecular weight excluding hydrogens is 394 g/mol. The number of aromatic nitrogens is 2. The van der Waals surface area contributed by atoms with Crippen LogP contribution in [0, 0.1) is 0 Å². The zero-order valence-electron chi connectivity index (χ0n) is 16.5. The van der Waals surface area contributed by atoms with Gasteiger partial charge < -0.3 is 9.64 Å². The smallest absolute Gasteiger partial charge is 0.410 e. The van der Waals surface area contributed by atoms with E-state index in [1.807, 2.05) is 52.0 Å². The van der Waals surface area contributed by atoms with Gasteiger partial charge in [-0.25, -0.2) is 4.79 Å². The first-order valence-corrected chi connectivity index (χ1v) is 10.4. The molecule has 28 heavy (non-hydrogen) atoms. The van der Waals surface area contributed by atoms with Gasteiger partial charge in [-0.1, -0.05) is 24.6 Å². The van der Waals surface area contributed by atoms with Gasteiger partial charge >= 0.3 is 6.09 Å². The minimum absolute atomic E-state index is 0.320. The van der Waals surface area contributed by atoms with Gasteiger partial charge in [0, 0.05) is 12.7 Å². The Balaban J connectivity index is 1.84. The van der Waals surface area contributed by atoms with Crippen LogP contribution < -0.4 is 0 Å². The third-order valence-corrected chi connectivity index (χ3v) is 5.53. The maximum absolute atomic E-state index is 12.5. The Hall–Kier alpha value is -2.18. The zero-order valence-corrected chi connectivity index (χ0v) is 18.1. The van der Waals surface area contributed by atoms with E-state index in [-0.39, 0.29) is 6.09 Å². The number of nitrogens with zero attached hydrogens (tertiary/aromatic N) is 3. The first kappa shape index (κ1) is 20.6. The average Bonchev–Trinajstić information content (AvgIpc) is 3.06. The molecule has 3 aromatic heterocycles. The number of rotatable bonds is 5. The lowest BCUT2D eigenvalue weighted by Crippen LogP contribution is -2.37. The van der Waals surface area contributed by atoms with Gasteiger partial charge in [-0.2, -0.15) is 0 Å². The summed E-state index contributed by atoms with van der Waals surface area (Å²) in [5.41, 5.74) is 1.99. The predicted octanol–water partition coefficient (Wildman–Crippen LogP) is 6.16. The number of fused-ring (bicyclic) bond motifs is 1. The summed E-state index contributed by atoms with van der Waals surface area (Å²) in [6.45, 7) is 8.66. The third-order valence-electron chi connectivity index (χ3n) is 3.92. The molecule has 1 amide bonds. The molecule has 5 nitrogen and oxygen atoms in total. The van der Waals surface area contributed by atoms with Gasteiger partial charge in [0.2, 0.25) is 0 Å². The quantitative estimate of drug-likeness (QED) is 0.498. The second-order valence-corrected chi connectivity index (χ2v) is 8.99. The highest BCUT2D eigenvalue weighted by molar-refractivity contribution is 7.22. The van der Waals surface area contributed by atoms with Crippen LogP contribution in [0.3, 0.4) is 0 Å². The van der Waals surface area contributed by atoms with Gasteiger partial charge in [0.05, 0.1) is 38.0 Å². The van der Waals surface area contributed by atoms with Crippen LogP contribution in [0.4, 0.5) is 4.79 Å². The molecule has 0 unspecified atom stereocenters. The van der Waals surface area contributed by atoms with Crippen molar-refractivity contribution in [2.24, 2.45) is 0 Å². The van der Waals surface area contributed by atoms with E-state index in [0.29, 0.717) is 18.1 Å². The van der Waals surface area contributed by atoms with Crippen molar-refractivity contribution in [2.45, 2.75) is 46.3 Å². The van der Waals surface area contributed by atoms with Crippen LogP contribution in [0.1, 0.15) is 39.8 Å². The van der Waals surface area contributed by atoms with E-state index >= 15 is 0 Å².